The number of benzene rings is 2. The quantitative estimate of drug-likeness (QED) is 0.734. The minimum atomic E-state index is -0.812. The van der Waals surface area contributed by atoms with E-state index in [1.54, 1.807) is 19.9 Å². The summed E-state index contributed by atoms with van der Waals surface area (Å²) in [5.41, 5.74) is 0.732. The topological polar surface area (TPSA) is 26.3 Å². The van der Waals surface area contributed by atoms with Crippen molar-refractivity contribution in [3.63, 3.8) is 0 Å². The van der Waals surface area contributed by atoms with E-state index in [9.17, 15) is 9.18 Å². The standard InChI is InChI=1S/C17H16BrFO2/c1-17(2,11-20)13-8-15(19)14(18)9-16(13)21-10-12-6-4-3-5-7-12/h3-9,11H,10H2,1-2H3. The molecule has 0 fully saturated rings. The lowest BCUT2D eigenvalue weighted by molar-refractivity contribution is -0.111. The molecule has 0 saturated carbocycles. The minimum absolute atomic E-state index is 0.316. The van der Waals surface area contributed by atoms with E-state index in [0.717, 1.165) is 11.8 Å². The van der Waals surface area contributed by atoms with Crippen molar-refractivity contribution in [2.24, 2.45) is 0 Å². The summed E-state index contributed by atoms with van der Waals surface area (Å²) in [6, 6.07) is 12.6. The minimum Gasteiger partial charge on any atom is -0.489 e. The summed E-state index contributed by atoms with van der Waals surface area (Å²) in [7, 11) is 0. The van der Waals surface area contributed by atoms with E-state index in [4.69, 9.17) is 4.74 Å². The average molecular weight is 351 g/mol. The first-order valence-corrected chi connectivity index (χ1v) is 7.36. The number of carbonyl (C=O) groups is 1. The van der Waals surface area contributed by atoms with Gasteiger partial charge in [0.15, 0.2) is 0 Å². The predicted octanol–water partition coefficient (Wildman–Crippen LogP) is 4.64. The van der Waals surface area contributed by atoms with E-state index in [1.165, 1.54) is 6.07 Å². The Bertz CT molecular complexity index is 639. The van der Waals surface area contributed by atoms with Crippen LogP contribution in [-0.2, 0) is 16.8 Å². The lowest BCUT2D eigenvalue weighted by atomic mass is 9.85. The molecule has 0 bridgehead atoms. The molecule has 0 aromatic heterocycles. The summed E-state index contributed by atoms with van der Waals surface area (Å²) in [4.78, 5) is 11.3. The van der Waals surface area contributed by atoms with Gasteiger partial charge >= 0.3 is 0 Å². The highest BCUT2D eigenvalue weighted by molar-refractivity contribution is 9.10. The molecule has 0 amide bonds. The zero-order valence-electron chi connectivity index (χ0n) is 11.9. The lowest BCUT2D eigenvalue weighted by Gasteiger charge is -2.22. The molecule has 0 atom stereocenters. The van der Waals surface area contributed by atoms with E-state index in [1.807, 2.05) is 30.3 Å². The molecule has 2 nitrogen and oxygen atoms in total. The Labute approximate surface area is 132 Å². The molecule has 0 heterocycles. The Morgan fingerprint density at radius 3 is 2.52 bits per heavy atom. The van der Waals surface area contributed by atoms with Crippen molar-refractivity contribution in [1.29, 1.82) is 0 Å². The second-order valence-corrected chi connectivity index (χ2v) is 6.23. The molecule has 0 unspecified atom stereocenters. The molecule has 110 valence electrons. The molecule has 0 N–H and O–H groups in total. The second-order valence-electron chi connectivity index (χ2n) is 5.38. The van der Waals surface area contributed by atoms with Gasteiger partial charge in [0.1, 0.15) is 24.5 Å². The second kappa shape index (κ2) is 6.39. The fourth-order valence-corrected chi connectivity index (χ4v) is 2.27. The molecule has 0 aliphatic rings. The van der Waals surface area contributed by atoms with Crippen LogP contribution in [-0.4, -0.2) is 6.29 Å². The molecule has 0 aliphatic heterocycles. The highest BCUT2D eigenvalue weighted by atomic mass is 79.9. The maximum atomic E-state index is 13.8. The summed E-state index contributed by atoms with van der Waals surface area (Å²) < 4.78 is 19.9. The molecule has 0 spiro atoms. The first kappa shape index (κ1) is 15.7. The third kappa shape index (κ3) is 3.70. The SMILES string of the molecule is CC(C)(C=O)c1cc(F)c(Br)cc1OCc1ccccc1. The molecule has 0 saturated heterocycles. The molecular formula is C17H16BrFO2. The van der Waals surface area contributed by atoms with Gasteiger partial charge in [-0.1, -0.05) is 30.3 Å². The number of hydrogen-bond acceptors (Lipinski definition) is 2. The summed E-state index contributed by atoms with van der Waals surface area (Å²) in [6.45, 7) is 3.83. The van der Waals surface area contributed by atoms with Gasteiger partial charge in [0.25, 0.3) is 0 Å². The lowest BCUT2D eigenvalue weighted by Crippen LogP contribution is -2.20. The first-order valence-electron chi connectivity index (χ1n) is 6.56. The van der Waals surface area contributed by atoms with Crippen LogP contribution in [0.1, 0.15) is 25.0 Å². The van der Waals surface area contributed by atoms with Gasteiger partial charge in [0.2, 0.25) is 0 Å². The molecule has 2 rings (SSSR count). The highest BCUT2D eigenvalue weighted by Crippen LogP contribution is 2.34. The molecule has 21 heavy (non-hydrogen) atoms. The Morgan fingerprint density at radius 2 is 1.90 bits per heavy atom. The van der Waals surface area contributed by atoms with Crippen molar-refractivity contribution in [2.45, 2.75) is 25.9 Å². The van der Waals surface area contributed by atoms with E-state index < -0.39 is 11.2 Å². The van der Waals surface area contributed by atoms with Crippen LogP contribution < -0.4 is 4.74 Å². The van der Waals surface area contributed by atoms with Crippen LogP contribution in [0.5, 0.6) is 5.75 Å². The summed E-state index contributed by atoms with van der Waals surface area (Å²) in [5.74, 6) is 0.0937. The number of halogens is 2. The van der Waals surface area contributed by atoms with Gasteiger partial charge in [-0.2, -0.15) is 0 Å². The third-order valence-electron chi connectivity index (χ3n) is 3.25. The molecule has 4 heteroatoms. The van der Waals surface area contributed by atoms with Crippen molar-refractivity contribution in [3.8, 4) is 5.75 Å². The van der Waals surface area contributed by atoms with Crippen molar-refractivity contribution < 1.29 is 13.9 Å². The number of rotatable bonds is 5. The summed E-state index contributed by atoms with van der Waals surface area (Å²) in [5, 5.41) is 0. The van der Waals surface area contributed by atoms with Gasteiger partial charge in [-0.3, -0.25) is 0 Å². The van der Waals surface area contributed by atoms with E-state index in [2.05, 4.69) is 15.9 Å². The van der Waals surface area contributed by atoms with Crippen LogP contribution in [0.3, 0.4) is 0 Å². The summed E-state index contributed by atoms with van der Waals surface area (Å²) in [6.07, 6.45) is 0.797. The van der Waals surface area contributed by atoms with Crippen molar-refractivity contribution >= 4 is 22.2 Å². The van der Waals surface area contributed by atoms with Crippen LogP contribution in [0.15, 0.2) is 46.9 Å². The number of ether oxygens (including phenoxy) is 1. The Morgan fingerprint density at radius 1 is 1.24 bits per heavy atom. The van der Waals surface area contributed by atoms with Gasteiger partial charge < -0.3 is 9.53 Å². The first-order chi connectivity index (χ1) is 9.94. The Hall–Kier alpha value is -1.68. The zero-order valence-corrected chi connectivity index (χ0v) is 13.5. The number of carbonyl (C=O) groups excluding carboxylic acids is 1. The number of hydrogen-bond donors (Lipinski definition) is 0. The number of aldehydes is 1. The highest BCUT2D eigenvalue weighted by Gasteiger charge is 2.25. The largest absolute Gasteiger partial charge is 0.489 e. The fraction of sp³-hybridized carbons (Fsp3) is 0.235. The maximum absolute atomic E-state index is 13.8. The third-order valence-corrected chi connectivity index (χ3v) is 3.86. The molecule has 2 aromatic rings. The zero-order chi connectivity index (χ0) is 15.5. The van der Waals surface area contributed by atoms with Crippen molar-refractivity contribution in [2.75, 3.05) is 0 Å². The van der Waals surface area contributed by atoms with E-state index in [-0.39, 0.29) is 0 Å². The molecule has 0 aliphatic carbocycles. The molecular weight excluding hydrogens is 335 g/mol. The van der Waals surface area contributed by atoms with Crippen molar-refractivity contribution in [1.82, 2.24) is 0 Å². The Kier molecular flexibility index (Phi) is 4.78. The predicted molar refractivity (Wildman–Crippen MR) is 84.0 cm³/mol. The van der Waals surface area contributed by atoms with Crippen LogP contribution in [0.2, 0.25) is 0 Å². The molecule has 0 radical (unpaired) electrons. The van der Waals surface area contributed by atoms with Gasteiger partial charge in [-0.25, -0.2) is 4.39 Å². The van der Waals surface area contributed by atoms with E-state index in [0.29, 0.717) is 22.4 Å². The Balaban J connectivity index is 2.33. The smallest absolute Gasteiger partial charge is 0.137 e. The van der Waals surface area contributed by atoms with Gasteiger partial charge in [0, 0.05) is 11.0 Å². The van der Waals surface area contributed by atoms with Gasteiger partial charge in [-0.05, 0) is 47.5 Å². The van der Waals surface area contributed by atoms with Gasteiger partial charge in [-0.15, -0.1) is 0 Å². The van der Waals surface area contributed by atoms with Crippen LogP contribution in [0.4, 0.5) is 4.39 Å². The average Bonchev–Trinajstić information content (AvgIpc) is 2.49. The monoisotopic (exact) mass is 350 g/mol. The van der Waals surface area contributed by atoms with Crippen LogP contribution >= 0.6 is 15.9 Å². The van der Waals surface area contributed by atoms with Crippen LogP contribution in [0.25, 0.3) is 0 Å². The van der Waals surface area contributed by atoms with Gasteiger partial charge in [0.05, 0.1) is 4.47 Å². The summed E-state index contributed by atoms with van der Waals surface area (Å²) >= 11 is 3.15. The van der Waals surface area contributed by atoms with E-state index >= 15 is 0 Å². The van der Waals surface area contributed by atoms with Crippen LogP contribution in [0, 0.1) is 5.82 Å². The fourth-order valence-electron chi connectivity index (χ4n) is 1.95. The van der Waals surface area contributed by atoms with Crippen molar-refractivity contribution in [3.05, 3.63) is 63.9 Å². The maximum Gasteiger partial charge on any atom is 0.137 e. The normalized spacial score (nSPS) is 11.2. The molecule has 2 aromatic carbocycles.